The van der Waals surface area contributed by atoms with E-state index in [1.807, 2.05) is 24.3 Å². The Bertz CT molecular complexity index is 1130. The van der Waals surface area contributed by atoms with E-state index in [0.29, 0.717) is 11.5 Å². The minimum atomic E-state index is -0.0742. The zero-order valence-electron chi connectivity index (χ0n) is 17.6. The summed E-state index contributed by atoms with van der Waals surface area (Å²) in [5.41, 5.74) is 6.92. The molecule has 0 atom stereocenters. The smallest absolute Gasteiger partial charge is 0.246 e. The van der Waals surface area contributed by atoms with Crippen LogP contribution in [0.15, 0.2) is 65.8 Å². The Labute approximate surface area is 176 Å². The number of amides is 1. The molecule has 0 saturated carbocycles. The van der Waals surface area contributed by atoms with Crippen molar-refractivity contribution in [2.24, 2.45) is 5.10 Å². The van der Waals surface area contributed by atoms with E-state index in [0.717, 1.165) is 28.0 Å². The van der Waals surface area contributed by atoms with Gasteiger partial charge in [-0.3, -0.25) is 4.79 Å². The van der Waals surface area contributed by atoms with Crippen molar-refractivity contribution in [1.82, 2.24) is 5.01 Å². The lowest BCUT2D eigenvalue weighted by Gasteiger charge is -2.14. The number of methoxy groups -OCH3 is 2. The van der Waals surface area contributed by atoms with Crippen LogP contribution in [0, 0.1) is 6.92 Å². The van der Waals surface area contributed by atoms with Gasteiger partial charge in [0.1, 0.15) is 0 Å². The second-order valence-corrected chi connectivity index (χ2v) is 7.35. The van der Waals surface area contributed by atoms with Crippen molar-refractivity contribution in [3.05, 3.63) is 82.9 Å². The summed E-state index contributed by atoms with van der Waals surface area (Å²) < 4.78 is 10.9. The topological polar surface area (TPSA) is 51.1 Å². The molecule has 0 bridgehead atoms. The van der Waals surface area contributed by atoms with Crippen molar-refractivity contribution in [1.29, 1.82) is 0 Å². The first-order chi connectivity index (χ1) is 14.5. The highest BCUT2D eigenvalue weighted by Crippen LogP contribution is 2.34. The van der Waals surface area contributed by atoms with Crippen molar-refractivity contribution in [3.63, 3.8) is 0 Å². The largest absolute Gasteiger partial charge is 0.493 e. The highest BCUT2D eigenvalue weighted by molar-refractivity contribution is 6.15. The first-order valence-corrected chi connectivity index (χ1v) is 9.78. The minimum Gasteiger partial charge on any atom is -0.493 e. The van der Waals surface area contributed by atoms with Gasteiger partial charge in [0.2, 0.25) is 5.91 Å². The molecule has 1 aliphatic heterocycles. The number of carbonyl (C=O) groups excluding carboxylic acids is 1. The van der Waals surface area contributed by atoms with Crippen LogP contribution in [0.2, 0.25) is 0 Å². The Morgan fingerprint density at radius 1 is 0.867 bits per heavy atom. The molecule has 0 fully saturated rings. The lowest BCUT2D eigenvalue weighted by atomic mass is 9.94. The van der Waals surface area contributed by atoms with Crippen LogP contribution < -0.4 is 9.47 Å². The number of carbonyl (C=O) groups is 1. The zero-order chi connectivity index (χ0) is 21.3. The molecule has 5 heteroatoms. The van der Waals surface area contributed by atoms with E-state index in [1.165, 1.54) is 16.1 Å². The molecular weight excluding hydrogens is 376 g/mol. The Balaban J connectivity index is 1.81. The number of aryl methyl sites for hydroxylation is 1. The van der Waals surface area contributed by atoms with Gasteiger partial charge in [0, 0.05) is 18.2 Å². The van der Waals surface area contributed by atoms with Crippen LogP contribution in [0.5, 0.6) is 11.5 Å². The van der Waals surface area contributed by atoms with Gasteiger partial charge in [-0.05, 0) is 35.7 Å². The van der Waals surface area contributed by atoms with Gasteiger partial charge in [0.05, 0.1) is 26.4 Å². The molecule has 0 unspecified atom stereocenters. The molecule has 3 aromatic carbocycles. The summed E-state index contributed by atoms with van der Waals surface area (Å²) in [5.74, 6) is 1.13. The van der Waals surface area contributed by atoms with Gasteiger partial charge < -0.3 is 9.47 Å². The zero-order valence-corrected chi connectivity index (χ0v) is 17.6. The lowest BCUT2D eigenvalue weighted by molar-refractivity contribution is -0.129. The van der Waals surface area contributed by atoms with Gasteiger partial charge in [-0.2, -0.15) is 5.10 Å². The maximum absolute atomic E-state index is 12.5. The van der Waals surface area contributed by atoms with Gasteiger partial charge in [-0.15, -0.1) is 0 Å². The van der Waals surface area contributed by atoms with Crippen molar-refractivity contribution in [3.8, 4) is 22.6 Å². The maximum Gasteiger partial charge on any atom is 0.246 e. The molecule has 1 aliphatic rings. The molecule has 4 rings (SSSR count). The van der Waals surface area contributed by atoms with Gasteiger partial charge in [-0.25, -0.2) is 5.01 Å². The first kappa shape index (κ1) is 19.7. The van der Waals surface area contributed by atoms with Crippen LogP contribution in [0.1, 0.15) is 22.3 Å². The predicted molar refractivity (Wildman–Crippen MR) is 118 cm³/mol. The molecule has 3 aromatic rings. The molecule has 0 N–H and O–H groups in total. The Morgan fingerprint density at radius 3 is 2.20 bits per heavy atom. The molecule has 1 amide bonds. The fraction of sp³-hybridized carbons (Fsp3) is 0.200. The van der Waals surface area contributed by atoms with E-state index in [9.17, 15) is 4.79 Å². The highest BCUT2D eigenvalue weighted by Gasteiger charge is 2.24. The second kappa shape index (κ2) is 8.03. The van der Waals surface area contributed by atoms with E-state index in [1.54, 1.807) is 21.3 Å². The van der Waals surface area contributed by atoms with Crippen LogP contribution >= 0.6 is 0 Å². The van der Waals surface area contributed by atoms with Gasteiger partial charge in [0.15, 0.2) is 11.5 Å². The van der Waals surface area contributed by atoms with E-state index in [2.05, 4.69) is 48.4 Å². The van der Waals surface area contributed by atoms with Crippen molar-refractivity contribution in [2.45, 2.75) is 13.3 Å². The second-order valence-electron chi connectivity index (χ2n) is 7.35. The summed E-state index contributed by atoms with van der Waals surface area (Å²) in [6.45, 7) is 2.09. The van der Waals surface area contributed by atoms with Crippen LogP contribution in [-0.4, -0.2) is 37.9 Å². The fourth-order valence-corrected chi connectivity index (χ4v) is 3.68. The SMILES string of the molecule is COc1cc2c(cc1OC)C(c1ccc(-c3cccc(C)c3)cc1)=NN(C)C(=O)C2. The summed E-state index contributed by atoms with van der Waals surface area (Å²) in [6.07, 6.45) is 0.251. The molecule has 0 saturated heterocycles. The van der Waals surface area contributed by atoms with Crippen LogP contribution in [-0.2, 0) is 11.2 Å². The first-order valence-electron chi connectivity index (χ1n) is 9.78. The van der Waals surface area contributed by atoms with Crippen LogP contribution in [0.3, 0.4) is 0 Å². The number of hydrogen-bond acceptors (Lipinski definition) is 4. The number of fused-ring (bicyclic) bond motifs is 1. The van der Waals surface area contributed by atoms with E-state index in [4.69, 9.17) is 9.47 Å². The number of nitrogens with zero attached hydrogens (tertiary/aromatic N) is 2. The maximum atomic E-state index is 12.5. The van der Waals surface area contributed by atoms with E-state index in [-0.39, 0.29) is 12.3 Å². The Morgan fingerprint density at radius 2 is 1.53 bits per heavy atom. The van der Waals surface area contributed by atoms with Crippen LogP contribution in [0.25, 0.3) is 11.1 Å². The average molecular weight is 400 g/mol. The molecule has 1 heterocycles. The summed E-state index contributed by atoms with van der Waals surface area (Å²) in [6, 6.07) is 20.4. The van der Waals surface area contributed by atoms with Crippen molar-refractivity contribution in [2.75, 3.05) is 21.3 Å². The minimum absolute atomic E-state index is 0.0742. The normalized spacial score (nSPS) is 13.4. The number of rotatable bonds is 4. The number of ether oxygens (including phenoxy) is 2. The summed E-state index contributed by atoms with van der Waals surface area (Å²) in [7, 11) is 4.88. The van der Waals surface area contributed by atoms with Crippen molar-refractivity contribution >= 4 is 11.6 Å². The predicted octanol–water partition coefficient (Wildman–Crippen LogP) is 4.45. The number of likely N-dealkylation sites (N-methyl/N-ethyl adjacent to an activating group) is 1. The van der Waals surface area contributed by atoms with E-state index >= 15 is 0 Å². The summed E-state index contributed by atoms with van der Waals surface area (Å²) >= 11 is 0. The quantitative estimate of drug-likeness (QED) is 0.650. The lowest BCUT2D eigenvalue weighted by Crippen LogP contribution is -2.22. The van der Waals surface area contributed by atoms with Crippen molar-refractivity contribution < 1.29 is 14.3 Å². The summed E-state index contributed by atoms with van der Waals surface area (Å²) in [4.78, 5) is 12.5. The average Bonchev–Trinajstić information content (AvgIpc) is 2.88. The molecule has 0 aromatic heterocycles. The Kier molecular flexibility index (Phi) is 5.27. The monoisotopic (exact) mass is 400 g/mol. The van der Waals surface area contributed by atoms with E-state index < -0.39 is 0 Å². The van der Waals surface area contributed by atoms with Gasteiger partial charge >= 0.3 is 0 Å². The van der Waals surface area contributed by atoms with Gasteiger partial charge in [0.25, 0.3) is 0 Å². The molecule has 0 spiro atoms. The Hall–Kier alpha value is -3.60. The number of hydrogen-bond donors (Lipinski definition) is 0. The third-order valence-electron chi connectivity index (χ3n) is 5.33. The third-order valence-corrected chi connectivity index (χ3v) is 5.33. The van der Waals surface area contributed by atoms with Crippen LogP contribution in [0.4, 0.5) is 0 Å². The summed E-state index contributed by atoms with van der Waals surface area (Å²) in [5, 5.41) is 6.03. The molecule has 0 radical (unpaired) electrons. The number of benzene rings is 3. The standard InChI is InChI=1S/C25H24N2O3/c1-16-6-5-7-19(12-16)17-8-10-18(11-9-17)25-21-15-23(30-4)22(29-3)13-20(21)14-24(28)27(2)26-25/h5-13,15H,14H2,1-4H3. The number of hydrazone groups is 1. The molecule has 5 nitrogen and oxygen atoms in total. The van der Waals surface area contributed by atoms with Gasteiger partial charge in [-0.1, -0.05) is 54.1 Å². The molecule has 152 valence electrons. The highest BCUT2D eigenvalue weighted by atomic mass is 16.5. The molecular formula is C25H24N2O3. The molecule has 30 heavy (non-hydrogen) atoms. The molecule has 0 aliphatic carbocycles. The fourth-order valence-electron chi connectivity index (χ4n) is 3.68. The third kappa shape index (κ3) is 3.66.